The van der Waals surface area contributed by atoms with Gasteiger partial charge in [0.05, 0.1) is 18.2 Å². The lowest BCUT2D eigenvalue weighted by molar-refractivity contribution is 0.0591. The van der Waals surface area contributed by atoms with Gasteiger partial charge >= 0.3 is 5.97 Å². The number of nitrogens with zero attached hydrogens (tertiary/aromatic N) is 3. The van der Waals surface area contributed by atoms with Crippen molar-refractivity contribution in [1.29, 1.82) is 0 Å². The monoisotopic (exact) mass is 579 g/mol. The summed E-state index contributed by atoms with van der Waals surface area (Å²) in [5.41, 5.74) is 3.59. The zero-order valence-electron chi connectivity index (χ0n) is 21.4. The number of benzene rings is 2. The van der Waals surface area contributed by atoms with Gasteiger partial charge in [-0.25, -0.2) is 14.2 Å². The fourth-order valence-corrected chi connectivity index (χ4v) is 5.74. The van der Waals surface area contributed by atoms with Crippen molar-refractivity contribution in [2.45, 2.75) is 32.1 Å². The van der Waals surface area contributed by atoms with Crippen LogP contribution in [0.3, 0.4) is 0 Å². The first kappa shape index (κ1) is 26.0. The third-order valence-corrected chi connectivity index (χ3v) is 8.54. The van der Waals surface area contributed by atoms with Gasteiger partial charge < -0.3 is 14.5 Å². The van der Waals surface area contributed by atoms with Gasteiger partial charge in [-0.3, -0.25) is 9.59 Å². The number of pyridine rings is 1. The number of halogens is 2. The Morgan fingerprint density at radius 3 is 2.42 bits per heavy atom. The molecule has 5 rings (SSSR count). The first-order valence-electron chi connectivity index (χ1n) is 12.4. The van der Waals surface area contributed by atoms with E-state index in [-0.39, 0.29) is 28.5 Å². The third-order valence-electron chi connectivity index (χ3n) is 7.68. The first-order valence-corrected chi connectivity index (χ1v) is 13.2. The van der Waals surface area contributed by atoms with Crippen LogP contribution < -0.4 is 4.90 Å². The number of fused-ring (bicyclic) bond motifs is 2. The second-order valence-electron chi connectivity index (χ2n) is 9.94. The summed E-state index contributed by atoms with van der Waals surface area (Å²) in [7, 11) is 1.28. The molecule has 0 unspecified atom stereocenters. The number of methoxy groups -OCH3 is 1. The molecule has 1 fully saturated rings. The first-order chi connectivity index (χ1) is 18.1. The molecule has 3 heterocycles. The van der Waals surface area contributed by atoms with Crippen LogP contribution in [-0.2, 0) is 10.2 Å². The van der Waals surface area contributed by atoms with Gasteiger partial charge in [0.2, 0.25) is 0 Å². The van der Waals surface area contributed by atoms with Crippen molar-refractivity contribution in [3.63, 3.8) is 0 Å². The fourth-order valence-electron chi connectivity index (χ4n) is 5.43. The van der Waals surface area contributed by atoms with E-state index in [2.05, 4.69) is 31.7 Å². The van der Waals surface area contributed by atoms with Gasteiger partial charge in [0.1, 0.15) is 11.5 Å². The molecule has 0 atom stereocenters. The number of likely N-dealkylation sites (tertiary alicyclic amines) is 1. The van der Waals surface area contributed by atoms with Crippen LogP contribution in [0.2, 0.25) is 0 Å². The summed E-state index contributed by atoms with van der Waals surface area (Å²) in [6.45, 7) is 5.08. The Bertz CT molecular complexity index is 1450. The van der Waals surface area contributed by atoms with Crippen LogP contribution >= 0.6 is 15.9 Å². The van der Waals surface area contributed by atoms with Crippen LogP contribution in [0.5, 0.6) is 0 Å². The number of rotatable bonds is 3. The maximum atomic E-state index is 15.1. The lowest BCUT2D eigenvalue weighted by Gasteiger charge is -2.40. The van der Waals surface area contributed by atoms with Gasteiger partial charge in [-0.05, 0) is 68.1 Å². The Morgan fingerprint density at radius 2 is 1.76 bits per heavy atom. The van der Waals surface area contributed by atoms with Crippen molar-refractivity contribution in [3.05, 3.63) is 92.5 Å². The number of anilines is 1. The van der Waals surface area contributed by atoms with Crippen molar-refractivity contribution in [2.24, 2.45) is 0 Å². The van der Waals surface area contributed by atoms with Crippen LogP contribution in [-0.4, -0.2) is 54.4 Å². The highest BCUT2D eigenvalue weighted by atomic mass is 79.9. The van der Waals surface area contributed by atoms with Gasteiger partial charge in [-0.1, -0.05) is 33.6 Å². The van der Waals surface area contributed by atoms with Gasteiger partial charge in [-0.15, -0.1) is 0 Å². The smallest absolute Gasteiger partial charge is 0.356 e. The van der Waals surface area contributed by atoms with E-state index >= 15 is 4.39 Å². The highest BCUT2D eigenvalue weighted by molar-refractivity contribution is 9.10. The highest BCUT2D eigenvalue weighted by Crippen LogP contribution is 2.48. The molecule has 38 heavy (non-hydrogen) atoms. The number of hydrogen-bond donors (Lipinski definition) is 0. The fraction of sp³-hybridized carbons (Fsp3) is 0.310. The summed E-state index contributed by atoms with van der Waals surface area (Å²) in [5, 5.41) is 0. The molecule has 0 saturated carbocycles. The highest BCUT2D eigenvalue weighted by Gasteiger charge is 2.47. The van der Waals surface area contributed by atoms with Crippen LogP contribution in [0, 0.1) is 19.7 Å². The minimum absolute atomic E-state index is 0.0461. The van der Waals surface area contributed by atoms with E-state index in [1.165, 1.54) is 25.4 Å². The van der Waals surface area contributed by atoms with E-state index in [1.807, 2.05) is 19.1 Å². The maximum Gasteiger partial charge on any atom is 0.356 e. The van der Waals surface area contributed by atoms with Crippen LogP contribution in [0.4, 0.5) is 10.1 Å². The molecule has 0 radical (unpaired) electrons. The third kappa shape index (κ3) is 4.38. The van der Waals surface area contributed by atoms with Gasteiger partial charge in [0.15, 0.2) is 0 Å². The topological polar surface area (TPSA) is 79.8 Å². The lowest BCUT2D eigenvalue weighted by Crippen LogP contribution is -2.48. The Labute approximate surface area is 228 Å². The van der Waals surface area contributed by atoms with E-state index in [0.29, 0.717) is 48.1 Å². The number of aryl methyl sites for hydroxylation is 1. The Balaban J connectivity index is 1.38. The summed E-state index contributed by atoms with van der Waals surface area (Å²) in [6, 6.07) is 12.3. The summed E-state index contributed by atoms with van der Waals surface area (Å²) in [4.78, 5) is 46.0. The number of ether oxygens (including phenoxy) is 1. The molecule has 1 spiro atoms. The molecule has 2 amide bonds. The number of carbonyl (C=O) groups excluding carboxylic acids is 3. The van der Waals surface area contributed by atoms with Gasteiger partial charge in [-0.2, -0.15) is 0 Å². The number of piperidine rings is 1. The average Bonchev–Trinajstić information content (AvgIpc) is 3.24. The molecular formula is C29H27BrFN3O4. The molecule has 7 nitrogen and oxygen atoms in total. The van der Waals surface area contributed by atoms with Crippen LogP contribution in [0.1, 0.15) is 60.7 Å². The number of carbonyl (C=O) groups is 3. The minimum atomic E-state index is -0.559. The molecule has 9 heteroatoms. The molecule has 0 aliphatic carbocycles. The van der Waals surface area contributed by atoms with Gasteiger partial charge in [0.25, 0.3) is 11.8 Å². The molecule has 1 aromatic heterocycles. The molecule has 3 aromatic rings. The van der Waals surface area contributed by atoms with Crippen LogP contribution in [0.15, 0.2) is 53.1 Å². The lowest BCUT2D eigenvalue weighted by atomic mass is 9.74. The molecule has 0 bridgehead atoms. The van der Waals surface area contributed by atoms with E-state index in [0.717, 1.165) is 16.8 Å². The standard InChI is InChI=1S/C29H27BrFN3O4/c1-17-4-9-24-21(14-17)29(16-34(24)27(36)20-6-7-22(30)18(2)25(20)31)10-12-33(13-11-29)26(35)19-5-8-23(32-15-19)28(37)38-3/h4-9,14-15H,10-13,16H2,1-3H3. The van der Waals surface area contributed by atoms with E-state index in [4.69, 9.17) is 0 Å². The summed E-state index contributed by atoms with van der Waals surface area (Å²) in [5.74, 6) is -1.61. The van der Waals surface area contributed by atoms with E-state index < -0.39 is 11.8 Å². The maximum absolute atomic E-state index is 15.1. The molecule has 196 valence electrons. The zero-order chi connectivity index (χ0) is 27.2. The summed E-state index contributed by atoms with van der Waals surface area (Å²) in [6.07, 6.45) is 2.71. The number of hydrogen-bond acceptors (Lipinski definition) is 5. The number of aromatic nitrogens is 1. The van der Waals surface area contributed by atoms with Crippen molar-refractivity contribution in [1.82, 2.24) is 9.88 Å². The van der Waals surface area contributed by atoms with Crippen molar-refractivity contribution < 1.29 is 23.5 Å². The Morgan fingerprint density at radius 1 is 1.03 bits per heavy atom. The predicted molar refractivity (Wildman–Crippen MR) is 144 cm³/mol. The second-order valence-corrected chi connectivity index (χ2v) is 10.8. The van der Waals surface area contributed by atoms with Crippen molar-refractivity contribution >= 4 is 39.4 Å². The average molecular weight is 580 g/mol. The molecule has 2 aromatic carbocycles. The van der Waals surface area contributed by atoms with Gasteiger partial charge in [0, 0.05) is 41.4 Å². The number of amides is 2. The van der Waals surface area contributed by atoms with Crippen LogP contribution in [0.25, 0.3) is 0 Å². The number of esters is 1. The Hall–Kier alpha value is -3.59. The predicted octanol–water partition coefficient (Wildman–Crippen LogP) is 5.22. The largest absolute Gasteiger partial charge is 0.464 e. The molecule has 0 N–H and O–H groups in total. The zero-order valence-corrected chi connectivity index (χ0v) is 23.0. The minimum Gasteiger partial charge on any atom is -0.464 e. The second kappa shape index (κ2) is 9.94. The van der Waals surface area contributed by atoms with E-state index in [9.17, 15) is 14.4 Å². The normalized spacial score (nSPS) is 15.9. The molecule has 2 aliphatic rings. The van der Waals surface area contributed by atoms with Crippen molar-refractivity contribution in [2.75, 3.05) is 31.6 Å². The molecule has 1 saturated heterocycles. The Kier molecular flexibility index (Phi) is 6.81. The quantitative estimate of drug-likeness (QED) is 0.397. The SMILES string of the molecule is COC(=O)c1ccc(C(=O)N2CCC3(CC2)CN(C(=O)c2ccc(Br)c(C)c2F)c2ccc(C)cc23)cn1. The van der Waals surface area contributed by atoms with E-state index in [1.54, 1.807) is 28.9 Å². The summed E-state index contributed by atoms with van der Waals surface area (Å²) >= 11 is 3.33. The van der Waals surface area contributed by atoms with Crippen molar-refractivity contribution in [3.8, 4) is 0 Å². The molecular weight excluding hydrogens is 553 g/mol. The summed E-state index contributed by atoms with van der Waals surface area (Å²) < 4.78 is 20.4. The molecule has 2 aliphatic heterocycles.